The summed E-state index contributed by atoms with van der Waals surface area (Å²) in [6, 6.07) is 9.92. The van der Waals surface area contributed by atoms with E-state index in [0.717, 1.165) is 5.56 Å². The highest BCUT2D eigenvalue weighted by Crippen LogP contribution is 2.20. The van der Waals surface area contributed by atoms with Gasteiger partial charge in [-0.3, -0.25) is 9.59 Å². The summed E-state index contributed by atoms with van der Waals surface area (Å²) in [7, 11) is 0. The second-order valence-electron chi connectivity index (χ2n) is 5.16. The molecule has 1 aromatic carbocycles. The summed E-state index contributed by atoms with van der Waals surface area (Å²) < 4.78 is 5.54. The fourth-order valence-corrected chi connectivity index (χ4v) is 2.47. The van der Waals surface area contributed by atoms with Crippen molar-refractivity contribution in [3.05, 3.63) is 48.7 Å². The zero-order valence-electron chi connectivity index (χ0n) is 12.2. The smallest absolute Gasteiger partial charge is 0.237 e. The summed E-state index contributed by atoms with van der Waals surface area (Å²) in [6.07, 6.45) is 3.16. The van der Waals surface area contributed by atoms with Crippen LogP contribution in [0, 0.1) is 5.92 Å². The van der Waals surface area contributed by atoms with Gasteiger partial charge in [0.05, 0.1) is 12.5 Å². The van der Waals surface area contributed by atoms with E-state index in [2.05, 4.69) is 6.58 Å². The Balaban J connectivity index is 1.64. The van der Waals surface area contributed by atoms with E-state index in [4.69, 9.17) is 4.74 Å². The van der Waals surface area contributed by atoms with E-state index in [9.17, 15) is 9.59 Å². The third-order valence-corrected chi connectivity index (χ3v) is 3.67. The number of carbonyl (C=O) groups is 2. The van der Waals surface area contributed by atoms with Gasteiger partial charge < -0.3 is 9.64 Å². The lowest BCUT2D eigenvalue weighted by atomic mass is 9.99. The second kappa shape index (κ2) is 7.74. The largest absolute Gasteiger partial charge is 0.377 e. The molecule has 0 N–H and O–H groups in total. The average molecular weight is 287 g/mol. The molecule has 0 aliphatic carbocycles. The highest BCUT2D eigenvalue weighted by Gasteiger charge is 2.34. The van der Waals surface area contributed by atoms with Crippen molar-refractivity contribution in [1.82, 2.24) is 4.90 Å². The monoisotopic (exact) mass is 287 g/mol. The third kappa shape index (κ3) is 4.26. The van der Waals surface area contributed by atoms with Gasteiger partial charge >= 0.3 is 0 Å². The van der Waals surface area contributed by atoms with Gasteiger partial charge in [0.25, 0.3) is 0 Å². The molecule has 1 saturated heterocycles. The second-order valence-corrected chi connectivity index (χ2v) is 5.16. The maximum absolute atomic E-state index is 12.0. The van der Waals surface area contributed by atoms with Crippen LogP contribution in [-0.4, -0.2) is 29.7 Å². The van der Waals surface area contributed by atoms with Crippen LogP contribution in [0.1, 0.15) is 24.8 Å². The third-order valence-electron chi connectivity index (χ3n) is 3.67. The number of ether oxygens (including phenoxy) is 1. The van der Waals surface area contributed by atoms with Crippen molar-refractivity contribution in [2.45, 2.75) is 25.9 Å². The van der Waals surface area contributed by atoms with Gasteiger partial charge in [0.1, 0.15) is 5.78 Å². The van der Waals surface area contributed by atoms with Crippen LogP contribution in [-0.2, 0) is 20.9 Å². The first-order chi connectivity index (χ1) is 10.2. The molecular weight excluding hydrogens is 266 g/mol. The Morgan fingerprint density at radius 3 is 2.81 bits per heavy atom. The molecule has 1 aromatic rings. The molecule has 1 fully saturated rings. The number of likely N-dealkylation sites (tertiary alicyclic amines) is 1. The molecule has 2 rings (SSSR count). The number of Topliss-reactive ketones (excluding diaryl/α,β-unsaturated/α-hetero) is 1. The van der Waals surface area contributed by atoms with Crippen LogP contribution in [0.3, 0.4) is 0 Å². The van der Waals surface area contributed by atoms with E-state index < -0.39 is 5.92 Å². The Bertz CT molecular complexity index is 498. The number of hydrogen-bond acceptors (Lipinski definition) is 3. The van der Waals surface area contributed by atoms with Gasteiger partial charge in [-0.05, 0) is 24.6 Å². The standard InChI is InChI=1S/C17H21NO3/c1-2-18-11-10-15(17(18)20)16(19)9-6-12-21-13-14-7-4-3-5-8-14/h2-5,7-8,15H,1,6,9-13H2. The molecule has 0 spiro atoms. The lowest BCUT2D eigenvalue weighted by Crippen LogP contribution is -2.26. The Morgan fingerprint density at radius 1 is 1.38 bits per heavy atom. The van der Waals surface area contributed by atoms with E-state index >= 15 is 0 Å². The number of hydrogen-bond donors (Lipinski definition) is 0. The quantitative estimate of drug-likeness (QED) is 0.545. The van der Waals surface area contributed by atoms with Gasteiger partial charge in [-0.1, -0.05) is 36.9 Å². The SMILES string of the molecule is C=CN1CCC(C(=O)CCCOCc2ccccc2)C1=O. The molecule has 1 aliphatic rings. The van der Waals surface area contributed by atoms with Crippen LogP contribution in [0.25, 0.3) is 0 Å². The van der Waals surface area contributed by atoms with E-state index in [-0.39, 0.29) is 11.7 Å². The molecule has 4 nitrogen and oxygen atoms in total. The van der Waals surface area contributed by atoms with Gasteiger partial charge in [-0.25, -0.2) is 0 Å². The Kier molecular flexibility index (Phi) is 5.69. The van der Waals surface area contributed by atoms with Crippen LogP contribution in [0.2, 0.25) is 0 Å². The number of ketones is 1. The number of carbonyl (C=O) groups excluding carboxylic acids is 2. The molecule has 112 valence electrons. The Hall–Kier alpha value is -1.94. The van der Waals surface area contributed by atoms with Crippen LogP contribution in [0.15, 0.2) is 43.1 Å². The molecule has 0 bridgehead atoms. The first-order valence-corrected chi connectivity index (χ1v) is 7.30. The number of amides is 1. The van der Waals surface area contributed by atoms with Gasteiger partial charge in [0, 0.05) is 19.6 Å². The summed E-state index contributed by atoms with van der Waals surface area (Å²) >= 11 is 0. The summed E-state index contributed by atoms with van der Waals surface area (Å²) in [5.41, 5.74) is 1.12. The zero-order valence-corrected chi connectivity index (χ0v) is 12.2. The molecule has 1 amide bonds. The minimum absolute atomic E-state index is 0.0210. The lowest BCUT2D eigenvalue weighted by Gasteiger charge is -2.10. The van der Waals surface area contributed by atoms with Gasteiger partial charge in [0.2, 0.25) is 5.91 Å². The predicted octanol–water partition coefficient (Wildman–Crippen LogP) is 2.54. The molecule has 21 heavy (non-hydrogen) atoms. The predicted molar refractivity (Wildman–Crippen MR) is 80.4 cm³/mol. The molecule has 0 radical (unpaired) electrons. The van der Waals surface area contributed by atoms with E-state index in [0.29, 0.717) is 39.0 Å². The summed E-state index contributed by atoms with van der Waals surface area (Å²) in [5.74, 6) is -0.565. The van der Waals surface area contributed by atoms with Gasteiger partial charge in [-0.15, -0.1) is 0 Å². The molecule has 4 heteroatoms. The number of nitrogens with zero attached hydrogens (tertiary/aromatic N) is 1. The minimum Gasteiger partial charge on any atom is -0.377 e. The molecule has 0 aromatic heterocycles. The van der Waals surface area contributed by atoms with Crippen molar-refractivity contribution in [1.29, 1.82) is 0 Å². The Labute approximate surface area is 125 Å². The molecule has 1 atom stereocenters. The molecule has 1 heterocycles. The fraction of sp³-hybridized carbons (Fsp3) is 0.412. The van der Waals surface area contributed by atoms with Crippen LogP contribution >= 0.6 is 0 Å². The van der Waals surface area contributed by atoms with E-state index in [1.54, 1.807) is 0 Å². The maximum atomic E-state index is 12.0. The van der Waals surface area contributed by atoms with Crippen molar-refractivity contribution in [2.24, 2.45) is 5.92 Å². The first kappa shape index (κ1) is 15.4. The van der Waals surface area contributed by atoms with Gasteiger partial charge in [-0.2, -0.15) is 0 Å². The maximum Gasteiger partial charge on any atom is 0.237 e. The summed E-state index contributed by atoms with van der Waals surface area (Å²) in [6.45, 7) is 5.27. The van der Waals surface area contributed by atoms with Crippen LogP contribution < -0.4 is 0 Å². The van der Waals surface area contributed by atoms with Crippen LogP contribution in [0.5, 0.6) is 0 Å². The van der Waals surface area contributed by atoms with Gasteiger partial charge in [0.15, 0.2) is 0 Å². The summed E-state index contributed by atoms with van der Waals surface area (Å²) in [4.78, 5) is 25.4. The lowest BCUT2D eigenvalue weighted by molar-refractivity contribution is -0.135. The first-order valence-electron chi connectivity index (χ1n) is 7.30. The topological polar surface area (TPSA) is 46.6 Å². The Morgan fingerprint density at radius 2 is 2.14 bits per heavy atom. The average Bonchev–Trinajstić information content (AvgIpc) is 2.88. The van der Waals surface area contributed by atoms with E-state index in [1.165, 1.54) is 11.1 Å². The highest BCUT2D eigenvalue weighted by molar-refractivity contribution is 6.02. The minimum atomic E-state index is -0.475. The summed E-state index contributed by atoms with van der Waals surface area (Å²) in [5, 5.41) is 0. The number of rotatable bonds is 8. The van der Waals surface area contributed by atoms with Crippen molar-refractivity contribution in [3.63, 3.8) is 0 Å². The zero-order chi connectivity index (χ0) is 15.1. The molecular formula is C17H21NO3. The van der Waals surface area contributed by atoms with Crippen molar-refractivity contribution < 1.29 is 14.3 Å². The van der Waals surface area contributed by atoms with Crippen molar-refractivity contribution in [2.75, 3.05) is 13.2 Å². The van der Waals surface area contributed by atoms with Crippen molar-refractivity contribution in [3.8, 4) is 0 Å². The highest BCUT2D eigenvalue weighted by atomic mass is 16.5. The molecule has 1 unspecified atom stereocenters. The number of benzene rings is 1. The van der Waals surface area contributed by atoms with Crippen molar-refractivity contribution >= 4 is 11.7 Å². The molecule has 1 aliphatic heterocycles. The van der Waals surface area contributed by atoms with Crippen LogP contribution in [0.4, 0.5) is 0 Å². The molecule has 0 saturated carbocycles. The fourth-order valence-electron chi connectivity index (χ4n) is 2.47. The normalized spacial score (nSPS) is 18.0. The van der Waals surface area contributed by atoms with E-state index in [1.807, 2.05) is 30.3 Å².